The normalized spacial score (nSPS) is 23.0. The largest absolute Gasteiger partial charge is 0.346 e. The minimum absolute atomic E-state index is 0.0343. The zero-order valence-corrected chi connectivity index (χ0v) is 18.3. The van der Waals surface area contributed by atoms with Crippen molar-refractivity contribution < 1.29 is 21.6 Å². The van der Waals surface area contributed by atoms with Gasteiger partial charge in [0.25, 0.3) is 15.9 Å². The first-order valence-corrected chi connectivity index (χ1v) is 13.1. The topological polar surface area (TPSA) is 101 Å². The molecule has 0 saturated carbocycles. The van der Waals surface area contributed by atoms with E-state index in [4.69, 9.17) is 0 Å². The molecule has 2 heterocycles. The monoisotopic (exact) mass is 448 g/mol. The number of fused-ring (bicyclic) bond motifs is 1. The Morgan fingerprint density at radius 2 is 1.90 bits per heavy atom. The fourth-order valence-electron chi connectivity index (χ4n) is 4.13. The van der Waals surface area contributed by atoms with Crippen molar-refractivity contribution in [3.05, 3.63) is 59.7 Å². The molecule has 1 N–H and O–H groups in total. The first-order chi connectivity index (χ1) is 14.1. The van der Waals surface area contributed by atoms with Gasteiger partial charge in [0.05, 0.1) is 27.6 Å². The van der Waals surface area contributed by atoms with Crippen molar-refractivity contribution in [1.82, 2.24) is 5.32 Å². The highest BCUT2D eigenvalue weighted by molar-refractivity contribution is 7.93. The molecule has 2 aliphatic heterocycles. The van der Waals surface area contributed by atoms with Crippen LogP contribution in [-0.2, 0) is 26.3 Å². The van der Waals surface area contributed by atoms with Gasteiger partial charge in [-0.05, 0) is 56.0 Å². The maximum atomic E-state index is 13.3. The highest BCUT2D eigenvalue weighted by Crippen LogP contribution is 2.32. The lowest BCUT2D eigenvalue weighted by Gasteiger charge is -2.30. The summed E-state index contributed by atoms with van der Waals surface area (Å²) in [7, 11) is -7.01. The molecule has 160 valence electrons. The van der Waals surface area contributed by atoms with Crippen LogP contribution in [-0.4, -0.2) is 46.3 Å². The van der Waals surface area contributed by atoms with Crippen molar-refractivity contribution in [1.29, 1.82) is 0 Å². The molecule has 1 atom stereocenters. The van der Waals surface area contributed by atoms with E-state index in [1.165, 1.54) is 28.6 Å². The summed E-state index contributed by atoms with van der Waals surface area (Å²) >= 11 is 0. The Labute approximate surface area is 177 Å². The van der Waals surface area contributed by atoms with Gasteiger partial charge in [-0.3, -0.25) is 9.10 Å². The average molecular weight is 449 g/mol. The summed E-state index contributed by atoms with van der Waals surface area (Å²) in [4.78, 5) is 12.8. The Morgan fingerprint density at radius 1 is 1.13 bits per heavy atom. The Morgan fingerprint density at radius 3 is 2.63 bits per heavy atom. The highest BCUT2D eigenvalue weighted by Gasteiger charge is 2.39. The predicted molar refractivity (Wildman–Crippen MR) is 115 cm³/mol. The first-order valence-electron chi connectivity index (χ1n) is 9.83. The summed E-state index contributed by atoms with van der Waals surface area (Å²) in [6, 6.07) is 13.3. The van der Waals surface area contributed by atoms with E-state index in [1.54, 1.807) is 13.0 Å². The summed E-state index contributed by atoms with van der Waals surface area (Å²) in [5.74, 6) is -0.563. The van der Waals surface area contributed by atoms with Crippen LogP contribution in [0.5, 0.6) is 0 Å². The summed E-state index contributed by atoms with van der Waals surface area (Å²) in [5, 5.41) is 2.77. The van der Waals surface area contributed by atoms with Gasteiger partial charge >= 0.3 is 0 Å². The summed E-state index contributed by atoms with van der Waals surface area (Å²) in [6.45, 7) is 2.08. The van der Waals surface area contributed by atoms with Crippen molar-refractivity contribution in [2.75, 3.05) is 22.4 Å². The number of carbonyl (C=O) groups excluding carboxylic acids is 1. The Kier molecular flexibility index (Phi) is 5.14. The maximum Gasteiger partial charge on any atom is 0.264 e. The van der Waals surface area contributed by atoms with Crippen LogP contribution >= 0.6 is 0 Å². The van der Waals surface area contributed by atoms with Gasteiger partial charge in [0.15, 0.2) is 9.84 Å². The predicted octanol–water partition coefficient (Wildman–Crippen LogP) is 2.14. The molecule has 2 aliphatic rings. The number of hydrogen-bond donors (Lipinski definition) is 1. The lowest BCUT2D eigenvalue weighted by Crippen LogP contribution is -2.47. The lowest BCUT2D eigenvalue weighted by molar-refractivity contribution is 0.0915. The molecule has 7 nitrogen and oxygen atoms in total. The molecule has 1 amide bonds. The van der Waals surface area contributed by atoms with Gasteiger partial charge in [0, 0.05) is 12.1 Å². The SMILES string of the molecule is C[C@]1(NC(=O)c2cccc(S(=O)(=O)N3CCCc4ccccc43)c2)CCS(=O)(=O)C1. The molecular weight excluding hydrogens is 424 g/mol. The number of aryl methyl sites for hydroxylation is 1. The summed E-state index contributed by atoms with van der Waals surface area (Å²) < 4.78 is 51.6. The van der Waals surface area contributed by atoms with E-state index < -0.39 is 31.3 Å². The summed E-state index contributed by atoms with van der Waals surface area (Å²) in [5.41, 5.74) is 0.988. The van der Waals surface area contributed by atoms with Crippen LogP contribution in [0.15, 0.2) is 53.4 Å². The molecule has 30 heavy (non-hydrogen) atoms. The Balaban J connectivity index is 1.61. The van der Waals surface area contributed by atoms with E-state index in [9.17, 15) is 21.6 Å². The van der Waals surface area contributed by atoms with Gasteiger partial charge in [-0.1, -0.05) is 24.3 Å². The third kappa shape index (κ3) is 3.96. The number of nitrogens with zero attached hydrogens (tertiary/aromatic N) is 1. The fourth-order valence-corrected chi connectivity index (χ4v) is 7.81. The van der Waals surface area contributed by atoms with Crippen LogP contribution in [0.2, 0.25) is 0 Å². The van der Waals surface area contributed by atoms with Gasteiger partial charge in [-0.25, -0.2) is 16.8 Å². The third-order valence-electron chi connectivity index (χ3n) is 5.67. The van der Waals surface area contributed by atoms with Gasteiger partial charge < -0.3 is 5.32 Å². The van der Waals surface area contributed by atoms with Crippen molar-refractivity contribution in [3.63, 3.8) is 0 Å². The van der Waals surface area contributed by atoms with Gasteiger partial charge in [0.2, 0.25) is 0 Å². The standard InChI is InChI=1S/C21H24N2O5S2/c1-21(11-13-29(25,26)15-21)22-20(24)17-7-4-9-18(14-17)30(27,28)23-12-5-8-16-6-2-3-10-19(16)23/h2-4,6-7,9-10,14H,5,8,11-13,15H2,1H3,(H,22,24)/t21-/m0/s1. The average Bonchev–Trinajstić information content (AvgIpc) is 3.00. The van der Waals surface area contributed by atoms with Crippen molar-refractivity contribution in [2.45, 2.75) is 36.6 Å². The minimum Gasteiger partial charge on any atom is -0.346 e. The number of benzene rings is 2. The minimum atomic E-state index is -3.84. The number of anilines is 1. The molecule has 0 bridgehead atoms. The number of nitrogens with one attached hydrogen (secondary N) is 1. The second-order valence-electron chi connectivity index (χ2n) is 8.19. The maximum absolute atomic E-state index is 13.3. The van der Waals surface area contributed by atoms with E-state index in [0.29, 0.717) is 18.7 Å². The van der Waals surface area contributed by atoms with Crippen LogP contribution in [0.1, 0.15) is 35.7 Å². The number of carbonyl (C=O) groups is 1. The van der Waals surface area contributed by atoms with Gasteiger partial charge in [0.1, 0.15) is 0 Å². The first kappa shape index (κ1) is 20.9. The van der Waals surface area contributed by atoms with Gasteiger partial charge in [-0.15, -0.1) is 0 Å². The third-order valence-corrected chi connectivity index (χ3v) is 9.38. The molecule has 2 aromatic rings. The second kappa shape index (κ2) is 7.39. The number of sulfonamides is 1. The van der Waals surface area contributed by atoms with Crippen LogP contribution < -0.4 is 9.62 Å². The number of para-hydroxylation sites is 1. The van der Waals surface area contributed by atoms with E-state index in [0.717, 1.165) is 18.4 Å². The van der Waals surface area contributed by atoms with Crippen LogP contribution in [0.25, 0.3) is 0 Å². The zero-order valence-electron chi connectivity index (χ0n) is 16.7. The number of sulfone groups is 1. The molecule has 0 aromatic heterocycles. The molecule has 9 heteroatoms. The molecule has 0 unspecified atom stereocenters. The molecule has 4 rings (SSSR count). The van der Waals surface area contributed by atoms with Crippen LogP contribution in [0.3, 0.4) is 0 Å². The van der Waals surface area contributed by atoms with E-state index in [2.05, 4.69) is 5.32 Å². The van der Waals surface area contributed by atoms with Crippen molar-refractivity contribution >= 4 is 31.5 Å². The Bertz CT molecular complexity index is 1210. The number of amides is 1. The second-order valence-corrected chi connectivity index (χ2v) is 12.2. The fraction of sp³-hybridized carbons (Fsp3) is 0.381. The van der Waals surface area contributed by atoms with Crippen molar-refractivity contribution in [2.24, 2.45) is 0 Å². The van der Waals surface area contributed by atoms with E-state index in [1.807, 2.05) is 18.2 Å². The van der Waals surface area contributed by atoms with E-state index >= 15 is 0 Å². The smallest absolute Gasteiger partial charge is 0.264 e. The molecule has 0 aliphatic carbocycles. The molecular formula is C21H24N2O5S2. The molecule has 2 aromatic carbocycles. The van der Waals surface area contributed by atoms with Crippen molar-refractivity contribution in [3.8, 4) is 0 Å². The molecule has 1 fully saturated rings. The summed E-state index contributed by atoms with van der Waals surface area (Å²) in [6.07, 6.45) is 1.89. The van der Waals surface area contributed by atoms with Crippen LogP contribution in [0, 0.1) is 0 Å². The van der Waals surface area contributed by atoms with E-state index in [-0.39, 0.29) is 22.0 Å². The zero-order chi connectivity index (χ0) is 21.6. The quantitative estimate of drug-likeness (QED) is 0.772. The lowest BCUT2D eigenvalue weighted by atomic mass is 10.0. The van der Waals surface area contributed by atoms with Crippen LogP contribution in [0.4, 0.5) is 5.69 Å². The van der Waals surface area contributed by atoms with Gasteiger partial charge in [-0.2, -0.15) is 0 Å². The highest BCUT2D eigenvalue weighted by atomic mass is 32.2. The number of hydrogen-bond acceptors (Lipinski definition) is 5. The molecule has 0 spiro atoms. The molecule has 0 radical (unpaired) electrons. The number of rotatable bonds is 4. The molecule has 1 saturated heterocycles. The Hall–Kier alpha value is -2.39.